The van der Waals surface area contributed by atoms with Crippen molar-refractivity contribution in [3.63, 3.8) is 0 Å². The molecule has 3 rings (SSSR count). The summed E-state index contributed by atoms with van der Waals surface area (Å²) >= 11 is 3.58. The number of imidazole rings is 1. The topological polar surface area (TPSA) is 37.5 Å². The van der Waals surface area contributed by atoms with Crippen molar-refractivity contribution in [2.45, 2.75) is 18.9 Å². The average molecular weight is 254 g/mol. The number of aliphatic hydroxyl groups excluding tert-OH is 1. The van der Waals surface area contributed by atoms with Crippen molar-refractivity contribution >= 4 is 28.1 Å². The van der Waals surface area contributed by atoms with Crippen LogP contribution in [-0.2, 0) is 6.42 Å². The Bertz CT molecular complexity index is 444. The Morgan fingerprint density at radius 3 is 3.31 bits per heavy atom. The molecule has 5 heteroatoms. The van der Waals surface area contributed by atoms with E-state index in [0.29, 0.717) is 12.3 Å². The second-order valence-electron chi connectivity index (χ2n) is 4.22. The highest BCUT2D eigenvalue weighted by Crippen LogP contribution is 2.27. The van der Waals surface area contributed by atoms with Gasteiger partial charge in [0.25, 0.3) is 0 Å². The van der Waals surface area contributed by atoms with Crippen LogP contribution in [0.15, 0.2) is 17.8 Å². The van der Waals surface area contributed by atoms with Gasteiger partial charge in [0, 0.05) is 24.2 Å². The molecule has 0 saturated carbocycles. The summed E-state index contributed by atoms with van der Waals surface area (Å²) in [4.78, 5) is 5.52. The summed E-state index contributed by atoms with van der Waals surface area (Å²) in [6.45, 7) is 0. The van der Waals surface area contributed by atoms with Gasteiger partial charge in [-0.05, 0) is 23.8 Å². The van der Waals surface area contributed by atoms with Crippen molar-refractivity contribution in [2.75, 3.05) is 11.5 Å². The van der Waals surface area contributed by atoms with Crippen LogP contribution in [0.4, 0.5) is 0 Å². The van der Waals surface area contributed by atoms with E-state index in [9.17, 15) is 5.11 Å². The van der Waals surface area contributed by atoms with Crippen LogP contribution in [0.5, 0.6) is 0 Å². The lowest BCUT2D eigenvalue weighted by Crippen LogP contribution is -2.22. The lowest BCUT2D eigenvalue weighted by atomic mass is 9.98. The number of thioether (sulfide) groups is 1. The Labute approximate surface area is 103 Å². The van der Waals surface area contributed by atoms with Crippen molar-refractivity contribution < 1.29 is 5.11 Å². The van der Waals surface area contributed by atoms with Crippen molar-refractivity contribution in [2.24, 2.45) is 5.92 Å². The second kappa shape index (κ2) is 4.39. The third kappa shape index (κ3) is 1.99. The molecule has 2 unspecified atom stereocenters. The summed E-state index contributed by atoms with van der Waals surface area (Å²) in [5.74, 6) is 2.76. The van der Waals surface area contributed by atoms with Crippen LogP contribution >= 0.6 is 23.1 Å². The Balaban J connectivity index is 1.71. The van der Waals surface area contributed by atoms with Crippen LogP contribution in [0, 0.1) is 5.92 Å². The van der Waals surface area contributed by atoms with E-state index in [0.717, 1.165) is 22.8 Å². The summed E-state index contributed by atoms with van der Waals surface area (Å²) in [6.07, 6.45) is 5.65. The van der Waals surface area contributed by atoms with Crippen molar-refractivity contribution in [1.82, 2.24) is 9.38 Å². The quantitative estimate of drug-likeness (QED) is 0.911. The lowest BCUT2D eigenvalue weighted by molar-refractivity contribution is 0.119. The Morgan fingerprint density at radius 1 is 1.62 bits per heavy atom. The van der Waals surface area contributed by atoms with Crippen molar-refractivity contribution in [3.8, 4) is 0 Å². The zero-order valence-corrected chi connectivity index (χ0v) is 10.5. The van der Waals surface area contributed by atoms with Crippen LogP contribution < -0.4 is 0 Å². The molecule has 1 saturated heterocycles. The fourth-order valence-corrected chi connectivity index (χ4v) is 4.16. The fraction of sp³-hybridized carbons (Fsp3) is 0.545. The summed E-state index contributed by atoms with van der Waals surface area (Å²) < 4.78 is 2.02. The summed E-state index contributed by atoms with van der Waals surface area (Å²) in [6, 6.07) is 0. The predicted molar refractivity (Wildman–Crippen MR) is 68.2 cm³/mol. The van der Waals surface area contributed by atoms with E-state index in [1.807, 2.05) is 33.9 Å². The summed E-state index contributed by atoms with van der Waals surface area (Å²) in [7, 11) is 0. The largest absolute Gasteiger partial charge is 0.392 e. The average Bonchev–Trinajstić information content (AvgIpc) is 2.91. The minimum Gasteiger partial charge on any atom is -0.392 e. The minimum atomic E-state index is -0.223. The molecular weight excluding hydrogens is 240 g/mol. The molecule has 1 aliphatic rings. The van der Waals surface area contributed by atoms with Gasteiger partial charge in [0.1, 0.15) is 0 Å². The molecule has 0 bridgehead atoms. The lowest BCUT2D eigenvalue weighted by Gasteiger charge is -2.15. The zero-order valence-electron chi connectivity index (χ0n) is 8.87. The van der Waals surface area contributed by atoms with Crippen LogP contribution in [0.25, 0.3) is 4.96 Å². The maximum absolute atomic E-state index is 10.1. The monoisotopic (exact) mass is 254 g/mol. The maximum Gasteiger partial charge on any atom is 0.193 e. The Morgan fingerprint density at radius 2 is 2.56 bits per heavy atom. The van der Waals surface area contributed by atoms with E-state index >= 15 is 0 Å². The molecule has 3 nitrogen and oxygen atoms in total. The van der Waals surface area contributed by atoms with E-state index in [1.54, 1.807) is 11.3 Å². The number of aromatic nitrogens is 2. The number of thiazole rings is 1. The molecule has 86 valence electrons. The van der Waals surface area contributed by atoms with E-state index in [4.69, 9.17) is 0 Å². The van der Waals surface area contributed by atoms with Crippen LogP contribution in [-0.4, -0.2) is 32.1 Å². The molecule has 3 heterocycles. The van der Waals surface area contributed by atoms with Gasteiger partial charge >= 0.3 is 0 Å². The van der Waals surface area contributed by atoms with Crippen molar-refractivity contribution in [3.05, 3.63) is 23.5 Å². The molecule has 2 atom stereocenters. The number of aliphatic hydroxyl groups is 1. The van der Waals surface area contributed by atoms with Crippen LogP contribution in [0.2, 0.25) is 0 Å². The maximum atomic E-state index is 10.1. The molecule has 16 heavy (non-hydrogen) atoms. The molecule has 0 radical (unpaired) electrons. The van der Waals surface area contributed by atoms with Gasteiger partial charge < -0.3 is 5.11 Å². The first kappa shape index (κ1) is 10.6. The highest BCUT2D eigenvalue weighted by atomic mass is 32.2. The molecule has 0 aliphatic carbocycles. The van der Waals surface area contributed by atoms with Gasteiger partial charge in [0.2, 0.25) is 0 Å². The standard InChI is InChI=1S/C11H14N2OS2/c14-10(8-1-3-15-7-8)5-9-6-13-2-4-16-11(13)12-9/h2,4,6,8,10,14H,1,3,5,7H2. The van der Waals surface area contributed by atoms with E-state index in [1.165, 1.54) is 5.75 Å². The molecule has 1 aliphatic heterocycles. The third-order valence-corrected chi connectivity index (χ3v) is 5.03. The first-order chi connectivity index (χ1) is 7.83. The van der Waals surface area contributed by atoms with Crippen LogP contribution in [0.3, 0.4) is 0 Å². The van der Waals surface area contributed by atoms with Gasteiger partial charge in [-0.25, -0.2) is 4.98 Å². The number of rotatable bonds is 3. The minimum absolute atomic E-state index is 0.223. The van der Waals surface area contributed by atoms with Crippen molar-refractivity contribution in [1.29, 1.82) is 0 Å². The molecule has 2 aromatic heterocycles. The van der Waals surface area contributed by atoms with Gasteiger partial charge in [0.15, 0.2) is 4.96 Å². The van der Waals surface area contributed by atoms with Gasteiger partial charge in [-0.3, -0.25) is 4.40 Å². The predicted octanol–water partition coefficient (Wildman–Crippen LogP) is 2.05. The van der Waals surface area contributed by atoms with Gasteiger partial charge in [0.05, 0.1) is 11.8 Å². The highest BCUT2D eigenvalue weighted by Gasteiger charge is 2.24. The van der Waals surface area contributed by atoms with Crippen LogP contribution in [0.1, 0.15) is 12.1 Å². The first-order valence-electron chi connectivity index (χ1n) is 5.50. The summed E-state index contributed by atoms with van der Waals surface area (Å²) in [5.41, 5.74) is 1.01. The molecule has 1 fully saturated rings. The number of fused-ring (bicyclic) bond motifs is 1. The number of nitrogens with zero attached hydrogens (tertiary/aromatic N) is 2. The zero-order chi connectivity index (χ0) is 11.0. The Kier molecular flexibility index (Phi) is 2.91. The summed E-state index contributed by atoms with van der Waals surface area (Å²) in [5, 5.41) is 12.1. The van der Waals surface area contributed by atoms with Gasteiger partial charge in [-0.2, -0.15) is 11.8 Å². The third-order valence-electron chi connectivity index (χ3n) is 3.07. The molecule has 0 aromatic carbocycles. The Hall–Kier alpha value is -0.520. The molecule has 2 aromatic rings. The fourth-order valence-electron chi connectivity index (χ4n) is 2.11. The normalized spacial score (nSPS) is 22.9. The number of hydrogen-bond donors (Lipinski definition) is 1. The SMILES string of the molecule is OC(Cc1cn2ccsc2n1)C1CCSC1. The van der Waals surface area contributed by atoms with Gasteiger partial charge in [-0.1, -0.05) is 0 Å². The first-order valence-corrected chi connectivity index (χ1v) is 7.53. The second-order valence-corrected chi connectivity index (χ2v) is 6.24. The smallest absolute Gasteiger partial charge is 0.193 e. The molecular formula is C11H14N2OS2. The van der Waals surface area contributed by atoms with E-state index < -0.39 is 0 Å². The van der Waals surface area contributed by atoms with Gasteiger partial charge in [-0.15, -0.1) is 11.3 Å². The molecule has 1 N–H and O–H groups in total. The molecule has 0 amide bonds. The highest BCUT2D eigenvalue weighted by molar-refractivity contribution is 7.99. The number of hydrogen-bond acceptors (Lipinski definition) is 4. The van der Waals surface area contributed by atoms with E-state index in [-0.39, 0.29) is 6.10 Å². The molecule has 0 spiro atoms. The van der Waals surface area contributed by atoms with E-state index in [2.05, 4.69) is 4.98 Å².